The molecule has 112 valence electrons. The van der Waals surface area contributed by atoms with E-state index in [1.54, 1.807) is 0 Å². The van der Waals surface area contributed by atoms with E-state index in [9.17, 15) is 31.7 Å². The minimum absolute atomic E-state index is 0.150. The first-order chi connectivity index (χ1) is 8.92. The van der Waals surface area contributed by atoms with Gasteiger partial charge in [-0.1, -0.05) is 0 Å². The molecular formula is C9H7ClF3NO5S. The Morgan fingerprint density at radius 1 is 1.40 bits per heavy atom. The third kappa shape index (κ3) is 4.23. The molecule has 0 aliphatic rings. The van der Waals surface area contributed by atoms with Gasteiger partial charge in [-0.3, -0.25) is 10.1 Å². The molecule has 1 aromatic carbocycles. The van der Waals surface area contributed by atoms with Gasteiger partial charge in [0.05, 0.1) is 4.92 Å². The lowest BCUT2D eigenvalue weighted by Crippen LogP contribution is -2.20. The van der Waals surface area contributed by atoms with E-state index in [-0.39, 0.29) is 5.56 Å². The van der Waals surface area contributed by atoms with E-state index in [1.807, 2.05) is 0 Å². The molecule has 0 heterocycles. The van der Waals surface area contributed by atoms with Crippen LogP contribution in [0.15, 0.2) is 17.0 Å². The van der Waals surface area contributed by atoms with Gasteiger partial charge in [0.25, 0.3) is 14.7 Å². The summed E-state index contributed by atoms with van der Waals surface area (Å²) in [5.74, 6) is -0.664. The minimum atomic E-state index is -4.69. The first-order valence-electron chi connectivity index (χ1n) is 4.85. The number of rotatable bonds is 4. The van der Waals surface area contributed by atoms with Crippen LogP contribution in [0.3, 0.4) is 0 Å². The van der Waals surface area contributed by atoms with Crippen molar-refractivity contribution in [3.63, 3.8) is 0 Å². The number of hydrogen-bond donors (Lipinski definition) is 0. The van der Waals surface area contributed by atoms with Crippen molar-refractivity contribution in [2.45, 2.75) is 18.0 Å². The van der Waals surface area contributed by atoms with Gasteiger partial charge in [0.2, 0.25) is 0 Å². The van der Waals surface area contributed by atoms with Gasteiger partial charge in [-0.05, 0) is 12.5 Å². The van der Waals surface area contributed by atoms with E-state index >= 15 is 0 Å². The lowest BCUT2D eigenvalue weighted by atomic mass is 10.2. The van der Waals surface area contributed by atoms with Crippen molar-refractivity contribution in [2.75, 3.05) is 6.61 Å². The Kier molecular flexibility index (Phi) is 4.49. The molecule has 11 heteroatoms. The minimum Gasteiger partial charge on any atom is -0.482 e. The molecular weight excluding hydrogens is 327 g/mol. The zero-order chi connectivity index (χ0) is 15.7. The van der Waals surface area contributed by atoms with E-state index in [0.29, 0.717) is 6.07 Å². The molecule has 0 aromatic heterocycles. The average molecular weight is 334 g/mol. The number of ether oxygens (including phenoxy) is 1. The maximum absolute atomic E-state index is 12.1. The van der Waals surface area contributed by atoms with Crippen LogP contribution < -0.4 is 4.74 Å². The smallest absolute Gasteiger partial charge is 0.422 e. The zero-order valence-corrected chi connectivity index (χ0v) is 11.3. The molecule has 0 saturated carbocycles. The summed E-state index contributed by atoms with van der Waals surface area (Å²) in [5, 5.41) is 10.6. The summed E-state index contributed by atoms with van der Waals surface area (Å²) in [5.41, 5.74) is -0.774. The van der Waals surface area contributed by atoms with Crippen LogP contribution in [0, 0.1) is 17.0 Å². The van der Waals surface area contributed by atoms with Gasteiger partial charge in [0, 0.05) is 22.8 Å². The number of alkyl halides is 3. The standard InChI is InChI=1S/C9H7ClF3NO5S/c1-5-2-6(14(15)16)3-7(20(10,17)18)8(5)19-4-9(11,12)13/h2-3H,4H2,1H3. The lowest BCUT2D eigenvalue weighted by molar-refractivity contribution is -0.385. The molecule has 0 N–H and O–H groups in total. The molecule has 0 amide bonds. The summed E-state index contributed by atoms with van der Waals surface area (Å²) >= 11 is 0. The lowest BCUT2D eigenvalue weighted by Gasteiger charge is -2.13. The molecule has 0 saturated heterocycles. The van der Waals surface area contributed by atoms with Crippen molar-refractivity contribution in [1.29, 1.82) is 0 Å². The highest BCUT2D eigenvalue weighted by Crippen LogP contribution is 2.35. The Morgan fingerprint density at radius 2 is 1.95 bits per heavy atom. The molecule has 0 unspecified atom stereocenters. The fourth-order valence-electron chi connectivity index (χ4n) is 1.35. The third-order valence-electron chi connectivity index (χ3n) is 2.08. The van der Waals surface area contributed by atoms with E-state index in [2.05, 4.69) is 4.74 Å². The highest BCUT2D eigenvalue weighted by molar-refractivity contribution is 8.13. The summed E-state index contributed by atoms with van der Waals surface area (Å²) < 4.78 is 63.2. The second-order valence-electron chi connectivity index (χ2n) is 3.69. The fraction of sp³-hybridized carbons (Fsp3) is 0.333. The molecule has 0 atom stereocenters. The van der Waals surface area contributed by atoms with Gasteiger partial charge < -0.3 is 4.74 Å². The number of benzene rings is 1. The average Bonchev–Trinajstić information content (AvgIpc) is 2.23. The monoisotopic (exact) mass is 333 g/mol. The maximum Gasteiger partial charge on any atom is 0.422 e. The Labute approximate surface area is 115 Å². The highest BCUT2D eigenvalue weighted by Gasteiger charge is 2.31. The van der Waals surface area contributed by atoms with E-state index in [4.69, 9.17) is 10.7 Å². The van der Waals surface area contributed by atoms with Crippen molar-refractivity contribution >= 4 is 25.4 Å². The van der Waals surface area contributed by atoms with Gasteiger partial charge in [-0.2, -0.15) is 13.2 Å². The number of nitro groups is 1. The van der Waals surface area contributed by atoms with Gasteiger partial charge in [-0.25, -0.2) is 8.42 Å². The molecule has 6 nitrogen and oxygen atoms in total. The number of aryl methyl sites for hydroxylation is 1. The Hall–Kier alpha value is -1.55. The summed E-state index contributed by atoms with van der Waals surface area (Å²) in [4.78, 5) is 8.83. The van der Waals surface area contributed by atoms with Crippen LogP contribution in [-0.2, 0) is 9.05 Å². The zero-order valence-electron chi connectivity index (χ0n) is 9.77. The van der Waals surface area contributed by atoms with E-state index in [1.165, 1.54) is 6.92 Å². The van der Waals surface area contributed by atoms with Crippen molar-refractivity contribution in [3.8, 4) is 5.75 Å². The van der Waals surface area contributed by atoms with Crippen LogP contribution in [0.25, 0.3) is 0 Å². The third-order valence-corrected chi connectivity index (χ3v) is 3.41. The Morgan fingerprint density at radius 3 is 2.35 bits per heavy atom. The molecule has 20 heavy (non-hydrogen) atoms. The van der Waals surface area contributed by atoms with Crippen LogP contribution >= 0.6 is 10.7 Å². The Balaban J connectivity index is 3.39. The number of halogens is 4. The first kappa shape index (κ1) is 16.5. The number of nitrogens with zero attached hydrogens (tertiary/aromatic N) is 1. The summed E-state index contributed by atoms with van der Waals surface area (Å²) in [6, 6.07) is 1.43. The molecule has 0 spiro atoms. The van der Waals surface area contributed by atoms with Gasteiger partial charge in [-0.15, -0.1) is 0 Å². The number of hydrogen-bond acceptors (Lipinski definition) is 5. The van der Waals surface area contributed by atoms with Gasteiger partial charge in [0.15, 0.2) is 6.61 Å². The first-order valence-corrected chi connectivity index (χ1v) is 7.16. The SMILES string of the molecule is Cc1cc([N+](=O)[O-])cc(S(=O)(=O)Cl)c1OCC(F)(F)F. The van der Waals surface area contributed by atoms with Crippen LogP contribution in [-0.4, -0.2) is 26.1 Å². The Bertz CT molecular complexity index is 644. The summed E-state index contributed by atoms with van der Waals surface area (Å²) in [6.07, 6.45) is -4.69. The molecule has 0 aliphatic carbocycles. The largest absolute Gasteiger partial charge is 0.482 e. The predicted octanol–water partition coefficient (Wildman–Crippen LogP) is 2.77. The van der Waals surface area contributed by atoms with Crippen molar-refractivity contribution in [3.05, 3.63) is 27.8 Å². The quantitative estimate of drug-likeness (QED) is 0.480. The molecule has 0 bridgehead atoms. The van der Waals surface area contributed by atoms with E-state index in [0.717, 1.165) is 6.07 Å². The van der Waals surface area contributed by atoms with Crippen LogP contribution in [0.4, 0.5) is 18.9 Å². The number of non-ortho nitro benzene ring substituents is 1. The maximum atomic E-state index is 12.1. The van der Waals surface area contributed by atoms with Gasteiger partial charge >= 0.3 is 6.18 Å². The fourth-order valence-corrected chi connectivity index (χ4v) is 2.40. The van der Waals surface area contributed by atoms with Crippen molar-refractivity contribution < 1.29 is 31.2 Å². The van der Waals surface area contributed by atoms with Crippen molar-refractivity contribution in [2.24, 2.45) is 0 Å². The summed E-state index contributed by atoms with van der Waals surface area (Å²) in [7, 11) is 0.546. The summed E-state index contributed by atoms with van der Waals surface area (Å²) in [6.45, 7) is -0.574. The molecule has 0 aliphatic heterocycles. The molecule has 0 fully saturated rings. The highest BCUT2D eigenvalue weighted by atomic mass is 35.7. The molecule has 1 aromatic rings. The normalized spacial score (nSPS) is 12.2. The van der Waals surface area contributed by atoms with Crippen LogP contribution in [0.2, 0.25) is 0 Å². The topological polar surface area (TPSA) is 86.5 Å². The van der Waals surface area contributed by atoms with Crippen LogP contribution in [0.5, 0.6) is 5.75 Å². The second kappa shape index (κ2) is 5.44. The van der Waals surface area contributed by atoms with Gasteiger partial charge in [0.1, 0.15) is 10.6 Å². The van der Waals surface area contributed by atoms with Crippen molar-refractivity contribution in [1.82, 2.24) is 0 Å². The second-order valence-corrected chi connectivity index (χ2v) is 6.22. The predicted molar refractivity (Wildman–Crippen MR) is 62.4 cm³/mol. The molecule has 0 radical (unpaired) electrons. The van der Waals surface area contributed by atoms with E-state index < -0.39 is 43.1 Å². The molecule has 1 rings (SSSR count). The van der Waals surface area contributed by atoms with Crippen LogP contribution in [0.1, 0.15) is 5.56 Å². The number of nitro benzene ring substituents is 1.